The molecule has 0 aromatic heterocycles. The van der Waals surface area contributed by atoms with E-state index in [1.165, 1.54) is 12.2 Å². The number of amides is 2. The average molecular weight is 323 g/mol. The standard InChI is InChI=1S/C14H13NO6S/c16-12-8-9-13(17)15(12)11-6-4-10(5-7-11)2-1-3-14(18)21-22(19)20/h4-9H,1-3H2,(H,19,20). The minimum absolute atomic E-state index is 0.0288. The molecule has 0 radical (unpaired) electrons. The van der Waals surface area contributed by atoms with Gasteiger partial charge in [-0.05, 0) is 30.5 Å². The average Bonchev–Trinajstić information content (AvgIpc) is 2.78. The number of anilines is 1. The number of carbonyl (C=O) groups is 3. The molecule has 0 saturated heterocycles. The van der Waals surface area contributed by atoms with E-state index in [9.17, 15) is 18.6 Å². The van der Waals surface area contributed by atoms with E-state index in [-0.39, 0.29) is 18.2 Å². The lowest BCUT2D eigenvalue weighted by molar-refractivity contribution is -0.134. The molecule has 8 heteroatoms. The van der Waals surface area contributed by atoms with E-state index in [1.54, 1.807) is 24.3 Å². The van der Waals surface area contributed by atoms with Gasteiger partial charge in [0.05, 0.1) is 5.69 Å². The van der Waals surface area contributed by atoms with Crippen molar-refractivity contribution in [3.8, 4) is 0 Å². The van der Waals surface area contributed by atoms with Crippen LogP contribution in [0.4, 0.5) is 5.69 Å². The second kappa shape index (κ2) is 7.10. The van der Waals surface area contributed by atoms with Gasteiger partial charge < -0.3 is 4.18 Å². The molecule has 1 N–H and O–H groups in total. The van der Waals surface area contributed by atoms with Crippen LogP contribution in [0.5, 0.6) is 0 Å². The predicted octanol–water partition coefficient (Wildman–Crippen LogP) is 1.12. The summed E-state index contributed by atoms with van der Waals surface area (Å²) in [6, 6.07) is 6.81. The zero-order valence-corrected chi connectivity index (χ0v) is 12.2. The first-order valence-electron chi connectivity index (χ1n) is 6.44. The number of imide groups is 1. The fourth-order valence-electron chi connectivity index (χ4n) is 2.02. The van der Waals surface area contributed by atoms with Gasteiger partial charge in [0.1, 0.15) is 0 Å². The van der Waals surface area contributed by atoms with Crippen molar-refractivity contribution in [1.29, 1.82) is 0 Å². The fraction of sp³-hybridized carbons (Fsp3) is 0.214. The molecule has 1 heterocycles. The lowest BCUT2D eigenvalue weighted by Gasteiger charge is -2.14. The van der Waals surface area contributed by atoms with Crippen LogP contribution in [-0.2, 0) is 36.3 Å². The summed E-state index contributed by atoms with van der Waals surface area (Å²) < 4.78 is 22.7. The third-order valence-corrected chi connectivity index (χ3v) is 3.34. The molecule has 1 atom stereocenters. The normalized spacial score (nSPS) is 15.2. The highest BCUT2D eigenvalue weighted by Crippen LogP contribution is 2.20. The maximum Gasteiger partial charge on any atom is 0.360 e. The third kappa shape index (κ3) is 4.09. The van der Waals surface area contributed by atoms with Gasteiger partial charge in [-0.1, -0.05) is 12.1 Å². The van der Waals surface area contributed by atoms with Crippen LogP contribution in [0.1, 0.15) is 18.4 Å². The first-order valence-corrected chi connectivity index (χ1v) is 7.47. The first kappa shape index (κ1) is 16.1. The van der Waals surface area contributed by atoms with E-state index >= 15 is 0 Å². The van der Waals surface area contributed by atoms with Crippen LogP contribution in [-0.4, -0.2) is 26.5 Å². The number of aryl methyl sites for hydroxylation is 1. The summed E-state index contributed by atoms with van der Waals surface area (Å²) >= 11 is -2.58. The van der Waals surface area contributed by atoms with Crippen molar-refractivity contribution >= 4 is 34.8 Å². The Bertz CT molecular complexity index is 634. The fourth-order valence-corrected chi connectivity index (χ4v) is 2.27. The van der Waals surface area contributed by atoms with E-state index in [4.69, 9.17) is 4.55 Å². The smallest absolute Gasteiger partial charge is 0.343 e. The summed E-state index contributed by atoms with van der Waals surface area (Å²) in [6.45, 7) is 0. The molecule has 1 aromatic carbocycles. The number of rotatable bonds is 6. The zero-order chi connectivity index (χ0) is 16.1. The summed E-state index contributed by atoms with van der Waals surface area (Å²) in [5.41, 5.74) is 1.40. The molecule has 2 rings (SSSR count). The Morgan fingerprint density at radius 1 is 1.14 bits per heavy atom. The summed E-state index contributed by atoms with van der Waals surface area (Å²) in [4.78, 5) is 35.2. The first-order chi connectivity index (χ1) is 10.5. The van der Waals surface area contributed by atoms with E-state index < -0.39 is 17.3 Å². The highest BCUT2D eigenvalue weighted by Gasteiger charge is 2.24. The van der Waals surface area contributed by atoms with Crippen molar-refractivity contribution in [2.75, 3.05) is 4.90 Å². The SMILES string of the molecule is O=C(CCCc1ccc(N2C(=O)C=CC2=O)cc1)OS(=O)O. The topological polar surface area (TPSA) is 101 Å². The molecule has 1 unspecified atom stereocenters. The van der Waals surface area contributed by atoms with E-state index in [2.05, 4.69) is 4.18 Å². The van der Waals surface area contributed by atoms with Crippen molar-refractivity contribution in [3.63, 3.8) is 0 Å². The molecule has 22 heavy (non-hydrogen) atoms. The Morgan fingerprint density at radius 2 is 1.73 bits per heavy atom. The van der Waals surface area contributed by atoms with Gasteiger partial charge in [0.25, 0.3) is 11.8 Å². The van der Waals surface area contributed by atoms with Gasteiger partial charge in [0.15, 0.2) is 0 Å². The van der Waals surface area contributed by atoms with Crippen molar-refractivity contribution in [2.24, 2.45) is 0 Å². The Balaban J connectivity index is 1.87. The molecule has 1 aromatic rings. The van der Waals surface area contributed by atoms with Crippen LogP contribution in [0.2, 0.25) is 0 Å². The van der Waals surface area contributed by atoms with Crippen LogP contribution in [0.3, 0.4) is 0 Å². The quantitative estimate of drug-likeness (QED) is 0.622. The molecule has 0 saturated carbocycles. The number of benzene rings is 1. The summed E-state index contributed by atoms with van der Waals surface area (Å²) in [6.07, 6.45) is 3.48. The van der Waals surface area contributed by atoms with Gasteiger partial charge in [-0.25, -0.2) is 4.90 Å². The Hall–Kier alpha value is -2.32. The molecule has 1 aliphatic heterocycles. The predicted molar refractivity (Wildman–Crippen MR) is 77.9 cm³/mol. The van der Waals surface area contributed by atoms with Gasteiger partial charge >= 0.3 is 17.3 Å². The van der Waals surface area contributed by atoms with E-state index in [0.29, 0.717) is 18.5 Å². The summed E-state index contributed by atoms with van der Waals surface area (Å²) in [5, 5.41) is 0. The molecule has 0 aliphatic carbocycles. The highest BCUT2D eigenvalue weighted by molar-refractivity contribution is 7.74. The van der Waals surface area contributed by atoms with Crippen molar-refractivity contribution < 1.29 is 27.3 Å². The molecule has 0 bridgehead atoms. The Kier molecular flexibility index (Phi) is 5.18. The van der Waals surface area contributed by atoms with E-state index in [0.717, 1.165) is 10.5 Å². The lowest BCUT2D eigenvalue weighted by atomic mass is 10.1. The number of hydrogen-bond acceptors (Lipinski definition) is 5. The molecule has 2 amide bonds. The van der Waals surface area contributed by atoms with Crippen molar-refractivity contribution in [2.45, 2.75) is 19.3 Å². The molecule has 1 aliphatic rings. The zero-order valence-electron chi connectivity index (χ0n) is 11.4. The molecular weight excluding hydrogens is 310 g/mol. The number of nitrogens with zero attached hydrogens (tertiary/aromatic N) is 1. The van der Waals surface area contributed by atoms with Crippen molar-refractivity contribution in [1.82, 2.24) is 0 Å². The highest BCUT2D eigenvalue weighted by atomic mass is 32.2. The molecule has 0 fully saturated rings. The Labute approximate surface area is 129 Å². The van der Waals surface area contributed by atoms with Gasteiger partial charge in [0.2, 0.25) is 0 Å². The van der Waals surface area contributed by atoms with Gasteiger partial charge in [-0.2, -0.15) is 4.21 Å². The minimum atomic E-state index is -2.58. The van der Waals surface area contributed by atoms with E-state index in [1.807, 2.05) is 0 Å². The van der Waals surface area contributed by atoms with Crippen LogP contribution in [0, 0.1) is 0 Å². The largest absolute Gasteiger partial charge is 0.360 e. The summed E-state index contributed by atoms with van der Waals surface area (Å²) in [7, 11) is 0. The number of carbonyl (C=O) groups excluding carboxylic acids is 3. The maximum absolute atomic E-state index is 11.5. The van der Waals surface area contributed by atoms with Gasteiger partial charge in [0, 0.05) is 18.6 Å². The Morgan fingerprint density at radius 3 is 2.27 bits per heavy atom. The molecule has 0 spiro atoms. The van der Waals surface area contributed by atoms with Crippen LogP contribution < -0.4 is 4.90 Å². The second-order valence-corrected chi connectivity index (χ2v) is 5.14. The van der Waals surface area contributed by atoms with Gasteiger partial charge in [-0.15, -0.1) is 0 Å². The van der Waals surface area contributed by atoms with Crippen LogP contribution in [0.25, 0.3) is 0 Å². The molecular formula is C14H13NO6S. The molecule has 7 nitrogen and oxygen atoms in total. The minimum Gasteiger partial charge on any atom is -0.343 e. The van der Waals surface area contributed by atoms with Crippen molar-refractivity contribution in [3.05, 3.63) is 42.0 Å². The monoisotopic (exact) mass is 323 g/mol. The third-order valence-electron chi connectivity index (χ3n) is 3.01. The van der Waals surface area contributed by atoms with Gasteiger partial charge in [-0.3, -0.25) is 18.9 Å². The maximum atomic E-state index is 11.5. The number of hydrogen-bond donors (Lipinski definition) is 1. The van der Waals surface area contributed by atoms with Crippen LogP contribution in [0.15, 0.2) is 36.4 Å². The van der Waals surface area contributed by atoms with Crippen LogP contribution >= 0.6 is 0 Å². The lowest BCUT2D eigenvalue weighted by Crippen LogP contribution is -2.29. The second-order valence-electron chi connectivity index (χ2n) is 4.54. The summed E-state index contributed by atoms with van der Waals surface area (Å²) in [5.74, 6) is -1.49. The molecule has 116 valence electrons.